The number of rotatable bonds is 3. The summed E-state index contributed by atoms with van der Waals surface area (Å²) in [6.07, 6.45) is 2.23. The number of hydrogen-bond acceptors (Lipinski definition) is 6. The van der Waals surface area contributed by atoms with Crippen LogP contribution < -0.4 is 0 Å². The summed E-state index contributed by atoms with van der Waals surface area (Å²) in [4.78, 5) is 26.7. The van der Waals surface area contributed by atoms with Crippen molar-refractivity contribution in [1.29, 1.82) is 0 Å². The molecule has 1 aromatic carbocycles. The van der Waals surface area contributed by atoms with E-state index in [1.807, 2.05) is 0 Å². The molecule has 1 atom stereocenters. The van der Waals surface area contributed by atoms with Gasteiger partial charge >= 0.3 is 0 Å². The van der Waals surface area contributed by atoms with Gasteiger partial charge in [0.2, 0.25) is 11.1 Å². The van der Waals surface area contributed by atoms with Gasteiger partial charge in [-0.25, -0.2) is 9.07 Å². The lowest BCUT2D eigenvalue weighted by atomic mass is 10.2. The van der Waals surface area contributed by atoms with Gasteiger partial charge in [-0.05, 0) is 47.5 Å². The number of aromatic nitrogens is 4. The van der Waals surface area contributed by atoms with Crippen molar-refractivity contribution in [3.63, 3.8) is 0 Å². The molecule has 0 spiro atoms. The van der Waals surface area contributed by atoms with Crippen LogP contribution in [0.4, 0.5) is 4.39 Å². The molecule has 1 unspecified atom stereocenters. The Morgan fingerprint density at radius 2 is 2.04 bits per heavy atom. The van der Waals surface area contributed by atoms with Crippen LogP contribution in [0, 0.1) is 5.82 Å². The third-order valence-corrected chi connectivity index (χ3v) is 5.08. The molecule has 1 fully saturated rings. The van der Waals surface area contributed by atoms with Crippen molar-refractivity contribution in [1.82, 2.24) is 25.1 Å². The molecule has 1 saturated heterocycles. The van der Waals surface area contributed by atoms with Gasteiger partial charge in [-0.2, -0.15) is 0 Å². The molecule has 2 heterocycles. The molecule has 0 aliphatic carbocycles. The summed E-state index contributed by atoms with van der Waals surface area (Å²) < 4.78 is 14.5. The summed E-state index contributed by atoms with van der Waals surface area (Å²) in [5.41, 5.74) is 0.302. The second-order valence-electron chi connectivity index (χ2n) is 5.49. The predicted molar refractivity (Wildman–Crippen MR) is 84.7 cm³/mol. The molecular formula is C15H16FN5O2S. The lowest BCUT2D eigenvalue weighted by Gasteiger charge is -2.22. The molecule has 1 aromatic heterocycles. The number of benzene rings is 1. The van der Waals surface area contributed by atoms with E-state index in [2.05, 4.69) is 15.5 Å². The number of amides is 2. The lowest BCUT2D eigenvalue weighted by molar-refractivity contribution is -0.127. The maximum absolute atomic E-state index is 13.0. The number of halogens is 1. The van der Waals surface area contributed by atoms with Crippen LogP contribution in [0.15, 0.2) is 29.4 Å². The van der Waals surface area contributed by atoms with Crippen molar-refractivity contribution in [3.05, 3.63) is 35.6 Å². The Hall–Kier alpha value is -2.29. The highest BCUT2D eigenvalue weighted by Gasteiger charge is 2.33. The molecule has 3 rings (SSSR count). The average Bonchev–Trinajstić information content (AvgIpc) is 2.88. The summed E-state index contributed by atoms with van der Waals surface area (Å²) in [5.74, 6) is -1.07. The van der Waals surface area contributed by atoms with Crippen molar-refractivity contribution in [2.24, 2.45) is 7.05 Å². The fourth-order valence-corrected chi connectivity index (χ4v) is 3.55. The molecule has 0 radical (unpaired) electrons. The zero-order chi connectivity index (χ0) is 17.1. The van der Waals surface area contributed by atoms with Gasteiger partial charge in [-0.3, -0.25) is 14.5 Å². The van der Waals surface area contributed by atoms with Gasteiger partial charge in [0.15, 0.2) is 0 Å². The number of hydrogen-bond donors (Lipinski definition) is 0. The maximum atomic E-state index is 13.0. The standard InChI is InChI=1S/C15H16FN5O2S/c1-20-15(17-18-19-20)24-12-4-2-3-9-21(14(12)23)13(22)10-5-7-11(16)8-6-10/h5-8,12H,2-4,9H2,1H3. The van der Waals surface area contributed by atoms with Crippen LogP contribution in [0.5, 0.6) is 0 Å². The minimum absolute atomic E-state index is 0.255. The minimum atomic E-state index is -0.419. The second kappa shape index (κ2) is 7.08. The molecule has 0 saturated carbocycles. The van der Waals surface area contributed by atoms with Crippen LogP contribution in [0.2, 0.25) is 0 Å². The summed E-state index contributed by atoms with van der Waals surface area (Å²) in [5, 5.41) is 11.3. The summed E-state index contributed by atoms with van der Waals surface area (Å²) in [6, 6.07) is 5.22. The SMILES string of the molecule is Cn1nnnc1SC1CCCCN(C(=O)c2ccc(F)cc2)C1=O. The van der Waals surface area contributed by atoms with E-state index in [0.29, 0.717) is 23.7 Å². The third kappa shape index (κ3) is 3.45. The van der Waals surface area contributed by atoms with E-state index in [9.17, 15) is 14.0 Å². The number of imide groups is 1. The van der Waals surface area contributed by atoms with Gasteiger partial charge in [0, 0.05) is 19.2 Å². The Morgan fingerprint density at radius 1 is 1.29 bits per heavy atom. The zero-order valence-corrected chi connectivity index (χ0v) is 13.9. The van der Waals surface area contributed by atoms with E-state index in [1.165, 1.54) is 45.6 Å². The number of likely N-dealkylation sites (tertiary alicyclic amines) is 1. The van der Waals surface area contributed by atoms with Crippen LogP contribution in [-0.2, 0) is 11.8 Å². The Kier molecular flexibility index (Phi) is 4.89. The van der Waals surface area contributed by atoms with E-state index < -0.39 is 17.0 Å². The lowest BCUT2D eigenvalue weighted by Crippen LogP contribution is -2.41. The number of aryl methyl sites for hydroxylation is 1. The largest absolute Gasteiger partial charge is 0.278 e. The Morgan fingerprint density at radius 3 is 2.71 bits per heavy atom. The van der Waals surface area contributed by atoms with Gasteiger partial charge < -0.3 is 0 Å². The number of carbonyl (C=O) groups is 2. The molecule has 0 N–H and O–H groups in total. The Balaban J connectivity index is 1.79. The van der Waals surface area contributed by atoms with Crippen molar-refractivity contribution in [2.45, 2.75) is 29.7 Å². The fourth-order valence-electron chi connectivity index (χ4n) is 2.51. The Bertz CT molecular complexity index is 749. The zero-order valence-electron chi connectivity index (χ0n) is 13.1. The predicted octanol–water partition coefficient (Wildman–Crippen LogP) is 1.66. The van der Waals surface area contributed by atoms with Gasteiger partial charge in [0.05, 0.1) is 5.25 Å². The topological polar surface area (TPSA) is 81.0 Å². The van der Waals surface area contributed by atoms with Crippen LogP contribution in [0.1, 0.15) is 29.6 Å². The van der Waals surface area contributed by atoms with E-state index in [0.717, 1.165) is 12.8 Å². The highest BCUT2D eigenvalue weighted by Crippen LogP contribution is 2.28. The molecule has 1 aliphatic rings. The third-order valence-electron chi connectivity index (χ3n) is 3.80. The van der Waals surface area contributed by atoms with E-state index in [4.69, 9.17) is 0 Å². The van der Waals surface area contributed by atoms with E-state index >= 15 is 0 Å². The maximum Gasteiger partial charge on any atom is 0.260 e. The normalized spacial score (nSPS) is 18.5. The van der Waals surface area contributed by atoms with Crippen molar-refractivity contribution in [3.8, 4) is 0 Å². The molecule has 24 heavy (non-hydrogen) atoms. The van der Waals surface area contributed by atoms with Crippen LogP contribution in [0.3, 0.4) is 0 Å². The number of thioether (sulfide) groups is 1. The van der Waals surface area contributed by atoms with E-state index in [-0.39, 0.29) is 5.91 Å². The highest BCUT2D eigenvalue weighted by molar-refractivity contribution is 8.00. The number of nitrogens with zero attached hydrogens (tertiary/aromatic N) is 5. The molecular weight excluding hydrogens is 333 g/mol. The first-order valence-electron chi connectivity index (χ1n) is 7.56. The van der Waals surface area contributed by atoms with Gasteiger partial charge in [0.1, 0.15) is 5.82 Å². The summed E-state index contributed by atoms with van der Waals surface area (Å²) in [6.45, 7) is 0.364. The molecule has 0 bridgehead atoms. The van der Waals surface area contributed by atoms with E-state index in [1.54, 1.807) is 7.05 Å². The minimum Gasteiger partial charge on any atom is -0.278 e. The van der Waals surface area contributed by atoms with Gasteiger partial charge in [-0.1, -0.05) is 18.2 Å². The number of tetrazole rings is 1. The molecule has 2 aromatic rings. The first-order valence-corrected chi connectivity index (χ1v) is 8.44. The monoisotopic (exact) mass is 349 g/mol. The number of carbonyl (C=O) groups excluding carboxylic acids is 2. The summed E-state index contributed by atoms with van der Waals surface area (Å²) >= 11 is 1.26. The quantitative estimate of drug-likeness (QED) is 0.784. The van der Waals surface area contributed by atoms with Gasteiger partial charge in [-0.15, -0.1) is 5.10 Å². The second-order valence-corrected chi connectivity index (χ2v) is 6.66. The fraction of sp³-hybridized carbons (Fsp3) is 0.400. The van der Waals surface area contributed by atoms with Crippen molar-refractivity contribution < 1.29 is 14.0 Å². The first kappa shape index (κ1) is 16.6. The molecule has 1 aliphatic heterocycles. The van der Waals surface area contributed by atoms with Crippen molar-refractivity contribution >= 4 is 23.6 Å². The molecule has 9 heteroatoms. The molecule has 7 nitrogen and oxygen atoms in total. The summed E-state index contributed by atoms with van der Waals surface area (Å²) in [7, 11) is 1.70. The van der Waals surface area contributed by atoms with Crippen LogP contribution in [-0.4, -0.2) is 48.7 Å². The highest BCUT2D eigenvalue weighted by atomic mass is 32.2. The molecule has 126 valence electrons. The van der Waals surface area contributed by atoms with Crippen LogP contribution >= 0.6 is 11.8 Å². The van der Waals surface area contributed by atoms with Gasteiger partial charge in [0.25, 0.3) is 5.91 Å². The first-order chi connectivity index (χ1) is 11.6. The Labute approximate surface area is 142 Å². The van der Waals surface area contributed by atoms with Crippen molar-refractivity contribution in [2.75, 3.05) is 6.54 Å². The van der Waals surface area contributed by atoms with Crippen LogP contribution in [0.25, 0.3) is 0 Å². The smallest absolute Gasteiger partial charge is 0.260 e. The average molecular weight is 349 g/mol. The molecule has 2 amide bonds.